The third kappa shape index (κ3) is 3.61. The van der Waals surface area contributed by atoms with Gasteiger partial charge < -0.3 is 15.7 Å². The highest BCUT2D eigenvalue weighted by molar-refractivity contribution is 7.99. The van der Waals surface area contributed by atoms with E-state index in [0.29, 0.717) is 25.0 Å². The van der Waals surface area contributed by atoms with Crippen LogP contribution in [0.25, 0.3) is 0 Å². The zero-order valence-corrected chi connectivity index (χ0v) is 13.5. The van der Waals surface area contributed by atoms with E-state index in [1.807, 2.05) is 0 Å². The molecule has 2 aliphatic rings. The summed E-state index contributed by atoms with van der Waals surface area (Å²) in [5, 5.41) is 15.5. The van der Waals surface area contributed by atoms with E-state index in [1.165, 1.54) is 18.2 Å². The van der Waals surface area contributed by atoms with Crippen LogP contribution in [-0.4, -0.2) is 41.3 Å². The van der Waals surface area contributed by atoms with Crippen molar-refractivity contribution in [2.75, 3.05) is 24.6 Å². The molecule has 1 saturated carbocycles. The molecule has 1 heterocycles. The van der Waals surface area contributed by atoms with E-state index < -0.39 is 28.7 Å². The maximum atomic E-state index is 13.9. The smallest absolute Gasteiger partial charge is 0.314 e. The van der Waals surface area contributed by atoms with Crippen LogP contribution in [0.15, 0.2) is 18.2 Å². The third-order valence-corrected chi connectivity index (χ3v) is 5.83. The molecule has 23 heavy (non-hydrogen) atoms. The van der Waals surface area contributed by atoms with Gasteiger partial charge in [-0.1, -0.05) is 6.07 Å². The fourth-order valence-electron chi connectivity index (χ4n) is 2.96. The van der Waals surface area contributed by atoms with Crippen molar-refractivity contribution >= 4 is 17.8 Å². The van der Waals surface area contributed by atoms with Gasteiger partial charge in [0.15, 0.2) is 0 Å². The second-order valence-electron chi connectivity index (χ2n) is 6.44. The number of carbonyl (C=O) groups is 1. The van der Waals surface area contributed by atoms with Gasteiger partial charge in [0, 0.05) is 29.8 Å². The molecule has 0 radical (unpaired) electrons. The van der Waals surface area contributed by atoms with Gasteiger partial charge in [0.2, 0.25) is 0 Å². The number of thioether (sulfide) groups is 1. The number of aliphatic hydroxyl groups is 1. The van der Waals surface area contributed by atoms with Gasteiger partial charge in [0.25, 0.3) is 0 Å². The Kier molecular flexibility index (Phi) is 4.51. The fraction of sp³-hybridized carbons (Fsp3) is 0.562. The quantitative estimate of drug-likeness (QED) is 0.768. The second kappa shape index (κ2) is 6.28. The highest BCUT2D eigenvalue weighted by Crippen LogP contribution is 2.49. The van der Waals surface area contributed by atoms with Crippen molar-refractivity contribution in [1.29, 1.82) is 0 Å². The van der Waals surface area contributed by atoms with Crippen LogP contribution in [0.2, 0.25) is 0 Å². The van der Waals surface area contributed by atoms with Gasteiger partial charge >= 0.3 is 6.03 Å². The lowest BCUT2D eigenvalue weighted by atomic mass is 9.94. The SMILES string of the molecule is O=C(NCC1(O)CCSC1)NCC1(c2c(F)cccc2F)CC1. The van der Waals surface area contributed by atoms with E-state index >= 15 is 0 Å². The molecule has 0 aromatic heterocycles. The number of benzene rings is 1. The maximum Gasteiger partial charge on any atom is 0.314 e. The van der Waals surface area contributed by atoms with Crippen molar-refractivity contribution in [3.8, 4) is 0 Å². The number of amides is 2. The molecule has 0 bridgehead atoms. The highest BCUT2D eigenvalue weighted by Gasteiger charge is 2.48. The minimum Gasteiger partial charge on any atom is -0.387 e. The van der Waals surface area contributed by atoms with Gasteiger partial charge in [-0.25, -0.2) is 13.6 Å². The second-order valence-corrected chi connectivity index (χ2v) is 7.55. The molecule has 1 unspecified atom stereocenters. The average molecular weight is 342 g/mol. The Bertz CT molecular complexity index is 581. The zero-order valence-electron chi connectivity index (χ0n) is 12.7. The van der Waals surface area contributed by atoms with Crippen molar-refractivity contribution in [1.82, 2.24) is 10.6 Å². The molecule has 0 spiro atoms. The Morgan fingerprint density at radius 1 is 1.17 bits per heavy atom. The molecule has 4 nitrogen and oxygen atoms in total. The first-order valence-corrected chi connectivity index (χ1v) is 8.86. The summed E-state index contributed by atoms with van der Waals surface area (Å²) < 4.78 is 27.8. The van der Waals surface area contributed by atoms with E-state index in [1.54, 1.807) is 11.8 Å². The molecule has 3 N–H and O–H groups in total. The summed E-state index contributed by atoms with van der Waals surface area (Å²) in [4.78, 5) is 11.9. The molecule has 2 amide bonds. The Morgan fingerprint density at radius 2 is 1.83 bits per heavy atom. The summed E-state index contributed by atoms with van der Waals surface area (Å²) in [6, 6.07) is 3.40. The van der Waals surface area contributed by atoms with Gasteiger partial charge in [-0.2, -0.15) is 11.8 Å². The largest absolute Gasteiger partial charge is 0.387 e. The van der Waals surface area contributed by atoms with Gasteiger partial charge in [-0.15, -0.1) is 0 Å². The summed E-state index contributed by atoms with van der Waals surface area (Å²) in [6.07, 6.45) is 1.94. The zero-order chi connectivity index (χ0) is 16.5. The van der Waals surface area contributed by atoms with Crippen LogP contribution >= 0.6 is 11.8 Å². The number of urea groups is 1. The van der Waals surface area contributed by atoms with Crippen LogP contribution in [0.5, 0.6) is 0 Å². The Hall–Kier alpha value is -1.34. The standard InChI is InChI=1S/C16H20F2N2O2S/c17-11-2-1-3-12(18)13(11)15(4-5-15)8-19-14(21)20-9-16(22)6-7-23-10-16/h1-3,22H,4-10H2,(H2,19,20,21). The average Bonchev–Trinajstić information content (AvgIpc) is 3.16. The van der Waals surface area contributed by atoms with Crippen LogP contribution in [0, 0.1) is 11.6 Å². The van der Waals surface area contributed by atoms with E-state index in [0.717, 1.165) is 5.75 Å². The lowest BCUT2D eigenvalue weighted by molar-refractivity contribution is 0.0700. The predicted molar refractivity (Wildman–Crippen MR) is 85.6 cm³/mol. The Balaban J connectivity index is 1.54. The van der Waals surface area contributed by atoms with Crippen LogP contribution < -0.4 is 10.6 Å². The van der Waals surface area contributed by atoms with Gasteiger partial charge in [0.05, 0.1) is 5.60 Å². The van der Waals surface area contributed by atoms with Crippen LogP contribution in [0.1, 0.15) is 24.8 Å². The highest BCUT2D eigenvalue weighted by atomic mass is 32.2. The molecule has 1 atom stereocenters. The minimum absolute atomic E-state index is 0.0612. The number of carbonyl (C=O) groups excluding carboxylic acids is 1. The maximum absolute atomic E-state index is 13.9. The first-order valence-electron chi connectivity index (χ1n) is 7.71. The summed E-state index contributed by atoms with van der Waals surface area (Å²) >= 11 is 1.66. The van der Waals surface area contributed by atoms with E-state index in [2.05, 4.69) is 10.6 Å². The van der Waals surface area contributed by atoms with Crippen LogP contribution in [0.3, 0.4) is 0 Å². The topological polar surface area (TPSA) is 61.4 Å². The first-order chi connectivity index (χ1) is 10.9. The van der Waals surface area contributed by atoms with Crippen molar-refractivity contribution in [3.05, 3.63) is 35.4 Å². The third-order valence-electron chi connectivity index (χ3n) is 4.59. The fourth-order valence-corrected chi connectivity index (χ4v) is 4.26. The van der Waals surface area contributed by atoms with Gasteiger partial charge in [0.1, 0.15) is 11.6 Å². The summed E-state index contributed by atoms with van der Waals surface area (Å²) in [6.45, 7) is 0.372. The molecule has 126 valence electrons. The normalized spacial score (nSPS) is 25.2. The van der Waals surface area contributed by atoms with Crippen molar-refractivity contribution in [3.63, 3.8) is 0 Å². The van der Waals surface area contributed by atoms with Crippen molar-refractivity contribution < 1.29 is 18.7 Å². The van der Waals surface area contributed by atoms with Crippen molar-refractivity contribution in [2.24, 2.45) is 0 Å². The van der Waals surface area contributed by atoms with Gasteiger partial charge in [-0.3, -0.25) is 0 Å². The number of nitrogens with one attached hydrogen (secondary N) is 2. The molecular formula is C16H20F2N2O2S. The molecule has 1 aliphatic heterocycles. The molecule has 7 heteroatoms. The first kappa shape index (κ1) is 16.5. The van der Waals surface area contributed by atoms with Crippen molar-refractivity contribution in [2.45, 2.75) is 30.3 Å². The molecule has 1 aromatic rings. The lowest BCUT2D eigenvalue weighted by Crippen LogP contribution is -2.47. The van der Waals surface area contributed by atoms with E-state index in [9.17, 15) is 18.7 Å². The lowest BCUT2D eigenvalue weighted by Gasteiger charge is -2.23. The molecular weight excluding hydrogens is 322 g/mol. The van der Waals surface area contributed by atoms with Crippen LogP contribution in [-0.2, 0) is 5.41 Å². The summed E-state index contributed by atoms with van der Waals surface area (Å²) in [5.41, 5.74) is -1.44. The van der Waals surface area contributed by atoms with Crippen LogP contribution in [0.4, 0.5) is 13.6 Å². The van der Waals surface area contributed by atoms with Gasteiger partial charge in [-0.05, 0) is 37.1 Å². The predicted octanol–water partition coefficient (Wildman–Crippen LogP) is 2.16. The number of halogens is 2. The monoisotopic (exact) mass is 342 g/mol. The summed E-state index contributed by atoms with van der Waals surface area (Å²) in [7, 11) is 0. The number of rotatable bonds is 5. The summed E-state index contributed by atoms with van der Waals surface area (Å²) in [5.74, 6) is 0.358. The Labute approximate surface area is 138 Å². The molecule has 2 fully saturated rings. The molecule has 1 saturated heterocycles. The minimum atomic E-state index is -0.850. The Morgan fingerprint density at radius 3 is 2.39 bits per heavy atom. The molecule has 3 rings (SSSR count). The molecule has 1 aromatic carbocycles. The molecule has 1 aliphatic carbocycles. The number of hydrogen-bond donors (Lipinski definition) is 3. The van der Waals surface area contributed by atoms with E-state index in [-0.39, 0.29) is 18.7 Å². The number of hydrogen-bond acceptors (Lipinski definition) is 3. The van der Waals surface area contributed by atoms with E-state index in [4.69, 9.17) is 0 Å².